The maximum absolute atomic E-state index is 13.3. The van der Waals surface area contributed by atoms with E-state index in [1.807, 2.05) is 18.2 Å². The zero-order valence-corrected chi connectivity index (χ0v) is 18.2. The van der Waals surface area contributed by atoms with Gasteiger partial charge in [-0.15, -0.1) is 5.10 Å². The normalized spacial score (nSPS) is 16.3. The second-order valence-electron chi connectivity index (χ2n) is 8.05. The highest BCUT2D eigenvalue weighted by atomic mass is 19.1. The van der Waals surface area contributed by atoms with Gasteiger partial charge in [0.2, 0.25) is 0 Å². The Morgan fingerprint density at radius 3 is 2.48 bits per heavy atom. The van der Waals surface area contributed by atoms with Crippen LogP contribution in [0, 0.1) is 11.7 Å². The van der Waals surface area contributed by atoms with E-state index in [1.54, 1.807) is 31.0 Å². The molecule has 0 N–H and O–H groups in total. The third kappa shape index (κ3) is 4.69. The van der Waals surface area contributed by atoms with Crippen LogP contribution < -0.4 is 9.47 Å². The third-order valence-corrected chi connectivity index (χ3v) is 5.97. The average Bonchev–Trinajstić information content (AvgIpc) is 3.24. The summed E-state index contributed by atoms with van der Waals surface area (Å²) in [4.78, 5) is 2.41. The van der Waals surface area contributed by atoms with E-state index in [2.05, 4.69) is 27.3 Å². The zero-order valence-electron chi connectivity index (χ0n) is 18.2. The van der Waals surface area contributed by atoms with Crippen LogP contribution in [-0.4, -0.2) is 52.4 Å². The van der Waals surface area contributed by atoms with Crippen LogP contribution in [-0.2, 0) is 6.54 Å². The van der Waals surface area contributed by atoms with E-state index in [0.717, 1.165) is 54.4 Å². The van der Waals surface area contributed by atoms with Crippen LogP contribution in [0.1, 0.15) is 42.8 Å². The van der Waals surface area contributed by atoms with Gasteiger partial charge in [-0.2, -0.15) is 0 Å². The fourth-order valence-corrected chi connectivity index (χ4v) is 4.11. The minimum absolute atomic E-state index is 0.163. The molecule has 7 nitrogen and oxygen atoms in total. The smallest absolute Gasteiger partial charge is 0.173 e. The molecular formula is C23H28FN5O2. The number of methoxy groups -OCH3 is 2. The van der Waals surface area contributed by atoms with E-state index >= 15 is 0 Å². The van der Waals surface area contributed by atoms with Crippen molar-refractivity contribution in [3.8, 4) is 11.5 Å². The van der Waals surface area contributed by atoms with Gasteiger partial charge in [-0.3, -0.25) is 4.90 Å². The van der Waals surface area contributed by atoms with Gasteiger partial charge in [0.05, 0.1) is 20.8 Å². The van der Waals surface area contributed by atoms with Crippen LogP contribution in [0.25, 0.3) is 0 Å². The molecule has 4 rings (SSSR count). The van der Waals surface area contributed by atoms with Gasteiger partial charge >= 0.3 is 0 Å². The number of halogens is 1. The number of benzene rings is 2. The molecule has 2 heterocycles. The molecule has 1 fully saturated rings. The Kier molecular flexibility index (Phi) is 6.46. The lowest BCUT2D eigenvalue weighted by Crippen LogP contribution is -2.38. The molecule has 2 aromatic carbocycles. The second-order valence-corrected chi connectivity index (χ2v) is 8.05. The van der Waals surface area contributed by atoms with E-state index in [9.17, 15) is 4.39 Å². The fourth-order valence-electron chi connectivity index (χ4n) is 4.11. The number of aromatic nitrogens is 4. The summed E-state index contributed by atoms with van der Waals surface area (Å²) in [6.07, 6.45) is 2.24. The highest BCUT2D eigenvalue weighted by Gasteiger charge is 2.32. The van der Waals surface area contributed by atoms with Crippen molar-refractivity contribution in [3.63, 3.8) is 0 Å². The molecule has 1 aliphatic rings. The minimum Gasteiger partial charge on any atom is -0.497 e. The first kappa shape index (κ1) is 21.2. The first-order valence-corrected chi connectivity index (χ1v) is 10.6. The molecule has 0 amide bonds. The molecule has 0 spiro atoms. The number of likely N-dealkylation sites (tertiary alicyclic amines) is 1. The van der Waals surface area contributed by atoms with Gasteiger partial charge in [-0.05, 0) is 72.1 Å². The Bertz CT molecular complexity index is 999. The van der Waals surface area contributed by atoms with Crippen LogP contribution in [0.5, 0.6) is 11.5 Å². The van der Waals surface area contributed by atoms with E-state index in [4.69, 9.17) is 9.47 Å². The molecule has 1 unspecified atom stereocenters. The average molecular weight is 426 g/mol. The molecular weight excluding hydrogens is 397 g/mol. The van der Waals surface area contributed by atoms with Crippen molar-refractivity contribution in [1.29, 1.82) is 0 Å². The van der Waals surface area contributed by atoms with Crippen LogP contribution in [0.2, 0.25) is 0 Å². The van der Waals surface area contributed by atoms with Crippen molar-refractivity contribution in [3.05, 3.63) is 65.2 Å². The molecule has 0 saturated carbocycles. The van der Waals surface area contributed by atoms with E-state index in [0.29, 0.717) is 12.5 Å². The maximum atomic E-state index is 13.3. The standard InChI is InChI=1S/C23H28FN5O2/c1-16-10-12-28(13-11-16)22(20-9-8-19(30-2)14-21(20)31-3)23-25-26-27-29(23)15-17-4-6-18(24)7-5-17/h4-9,14,16,22H,10-13,15H2,1-3H3. The number of ether oxygens (including phenoxy) is 2. The van der Waals surface area contributed by atoms with Gasteiger partial charge in [0.1, 0.15) is 23.4 Å². The first-order chi connectivity index (χ1) is 15.1. The predicted octanol–water partition coefficient (Wildman–Crippen LogP) is 3.70. The molecule has 1 saturated heterocycles. The molecule has 164 valence electrons. The van der Waals surface area contributed by atoms with Crippen LogP contribution in [0.3, 0.4) is 0 Å². The molecule has 0 bridgehead atoms. The summed E-state index contributed by atoms with van der Waals surface area (Å²) < 4.78 is 26.2. The summed E-state index contributed by atoms with van der Waals surface area (Å²) in [6.45, 7) is 4.65. The van der Waals surface area contributed by atoms with Gasteiger partial charge in [0.25, 0.3) is 0 Å². The molecule has 1 aliphatic heterocycles. The van der Waals surface area contributed by atoms with Crippen molar-refractivity contribution in [2.45, 2.75) is 32.4 Å². The van der Waals surface area contributed by atoms with E-state index in [-0.39, 0.29) is 11.9 Å². The van der Waals surface area contributed by atoms with Crippen LogP contribution in [0.4, 0.5) is 4.39 Å². The summed E-state index contributed by atoms with van der Waals surface area (Å²) in [6, 6.07) is 12.1. The Hall–Kier alpha value is -3.00. The summed E-state index contributed by atoms with van der Waals surface area (Å²) in [5.74, 6) is 2.65. The monoisotopic (exact) mass is 425 g/mol. The van der Waals surface area contributed by atoms with E-state index < -0.39 is 0 Å². The highest BCUT2D eigenvalue weighted by Crippen LogP contribution is 2.37. The highest BCUT2D eigenvalue weighted by molar-refractivity contribution is 5.44. The van der Waals surface area contributed by atoms with E-state index in [1.165, 1.54) is 12.1 Å². The molecule has 3 aromatic rings. The minimum atomic E-state index is -0.260. The van der Waals surface area contributed by atoms with Crippen LogP contribution in [0.15, 0.2) is 42.5 Å². The number of tetrazole rings is 1. The Morgan fingerprint density at radius 2 is 1.81 bits per heavy atom. The lowest BCUT2D eigenvalue weighted by atomic mass is 9.95. The fraction of sp³-hybridized carbons (Fsp3) is 0.435. The van der Waals surface area contributed by atoms with Gasteiger partial charge in [0.15, 0.2) is 5.82 Å². The topological polar surface area (TPSA) is 65.3 Å². The SMILES string of the molecule is COc1ccc(C(c2nnnn2Cc2ccc(F)cc2)N2CCC(C)CC2)c(OC)c1. The van der Waals surface area contributed by atoms with Gasteiger partial charge in [-0.25, -0.2) is 9.07 Å². The Morgan fingerprint density at radius 1 is 1.06 bits per heavy atom. The molecule has 31 heavy (non-hydrogen) atoms. The lowest BCUT2D eigenvalue weighted by molar-refractivity contribution is 0.148. The van der Waals surface area contributed by atoms with Crippen molar-refractivity contribution < 1.29 is 13.9 Å². The van der Waals surface area contributed by atoms with Crippen molar-refractivity contribution in [2.24, 2.45) is 5.92 Å². The van der Waals surface area contributed by atoms with Gasteiger partial charge < -0.3 is 9.47 Å². The summed E-state index contributed by atoms with van der Waals surface area (Å²) >= 11 is 0. The largest absolute Gasteiger partial charge is 0.497 e. The number of hydrogen-bond donors (Lipinski definition) is 0. The van der Waals surface area contributed by atoms with Crippen LogP contribution >= 0.6 is 0 Å². The zero-order chi connectivity index (χ0) is 21.8. The Balaban J connectivity index is 1.74. The van der Waals surface area contributed by atoms with Crippen molar-refractivity contribution >= 4 is 0 Å². The lowest BCUT2D eigenvalue weighted by Gasteiger charge is -2.36. The quantitative estimate of drug-likeness (QED) is 0.575. The summed E-state index contributed by atoms with van der Waals surface area (Å²) in [7, 11) is 3.30. The second kappa shape index (κ2) is 9.43. The predicted molar refractivity (Wildman–Crippen MR) is 115 cm³/mol. The number of piperidine rings is 1. The first-order valence-electron chi connectivity index (χ1n) is 10.6. The molecule has 1 aromatic heterocycles. The number of hydrogen-bond acceptors (Lipinski definition) is 6. The summed E-state index contributed by atoms with van der Waals surface area (Å²) in [5, 5.41) is 12.6. The molecule has 0 radical (unpaired) electrons. The molecule has 0 aliphatic carbocycles. The van der Waals surface area contributed by atoms with Gasteiger partial charge in [-0.1, -0.05) is 19.1 Å². The van der Waals surface area contributed by atoms with Gasteiger partial charge in [0, 0.05) is 11.6 Å². The van der Waals surface area contributed by atoms with Crippen molar-refractivity contribution in [1.82, 2.24) is 25.1 Å². The summed E-state index contributed by atoms with van der Waals surface area (Å²) in [5.41, 5.74) is 1.93. The maximum Gasteiger partial charge on any atom is 0.173 e. The Labute approximate surface area is 181 Å². The third-order valence-electron chi connectivity index (χ3n) is 5.97. The molecule has 8 heteroatoms. The molecule has 1 atom stereocenters. The number of rotatable bonds is 7. The number of nitrogens with zero attached hydrogens (tertiary/aromatic N) is 5. The van der Waals surface area contributed by atoms with Crippen molar-refractivity contribution in [2.75, 3.05) is 27.3 Å².